The minimum Gasteiger partial charge on any atom is -0.509 e. The van der Waals surface area contributed by atoms with Crippen molar-refractivity contribution in [3.05, 3.63) is 131 Å². The third-order valence-corrected chi connectivity index (χ3v) is 8.78. The second-order valence-electron chi connectivity index (χ2n) is 13.4. The Kier molecular flexibility index (Phi) is 9.41. The summed E-state index contributed by atoms with van der Waals surface area (Å²) in [6, 6.07) is 27.8. The first-order chi connectivity index (χ1) is 24.0. The third kappa shape index (κ3) is 6.74. The topological polar surface area (TPSA) is 44.9 Å². The van der Waals surface area contributed by atoms with Gasteiger partial charge in [0.05, 0.1) is 17.3 Å². The van der Waals surface area contributed by atoms with Crippen LogP contribution in [0.1, 0.15) is 48.6 Å². The van der Waals surface area contributed by atoms with Crippen LogP contribution in [0, 0.1) is 26.0 Å². The summed E-state index contributed by atoms with van der Waals surface area (Å²) >= 11 is 0. The van der Waals surface area contributed by atoms with Gasteiger partial charge in [-0.3, -0.25) is 4.68 Å². The van der Waals surface area contributed by atoms with Gasteiger partial charge in [-0.05, 0) is 65.2 Å². The van der Waals surface area contributed by atoms with E-state index in [4.69, 9.17) is 4.74 Å². The fourth-order valence-corrected chi connectivity index (χ4v) is 6.52. The van der Waals surface area contributed by atoms with Crippen LogP contribution in [0.4, 0.5) is 26.3 Å². The number of aryl methyl sites for hydroxylation is 2. The van der Waals surface area contributed by atoms with Crippen LogP contribution in [-0.4, -0.2) is 19.3 Å². The van der Waals surface area contributed by atoms with E-state index in [1.54, 1.807) is 30.5 Å². The summed E-state index contributed by atoms with van der Waals surface area (Å²) in [6.45, 7) is 8.69. The molecule has 0 aliphatic heterocycles. The average Bonchev–Trinajstić information content (AvgIpc) is 3.66. The minimum absolute atomic E-state index is 0. The van der Waals surface area contributed by atoms with Crippen LogP contribution in [0.2, 0.25) is 0 Å². The zero-order chi connectivity index (χ0) is 36.5. The maximum Gasteiger partial charge on any atom is 2.00 e. The zero-order valence-corrected chi connectivity index (χ0v) is 30.7. The minimum atomic E-state index is -5.04. The normalized spacial score (nSPS) is 12.4. The molecule has 0 saturated carbocycles. The third-order valence-electron chi connectivity index (χ3n) is 8.78. The van der Waals surface area contributed by atoms with Gasteiger partial charge < -0.3 is 9.30 Å². The predicted octanol–water partition coefficient (Wildman–Crippen LogP) is 11.4. The summed E-state index contributed by atoms with van der Waals surface area (Å²) in [5, 5.41) is 6.07. The molecule has 52 heavy (non-hydrogen) atoms. The molecule has 0 aliphatic rings. The second-order valence-corrected chi connectivity index (χ2v) is 13.4. The first-order valence-corrected chi connectivity index (χ1v) is 16.0. The number of nitrogens with zero attached hydrogens (tertiary/aromatic N) is 4. The van der Waals surface area contributed by atoms with E-state index in [2.05, 4.69) is 49.1 Å². The first kappa shape index (κ1) is 36.9. The van der Waals surface area contributed by atoms with Gasteiger partial charge in [0.2, 0.25) is 0 Å². The SMILES string of the molecule is Cc1cc(C)c(C(F)(F)F)c(-c2cnn(-c3[c-]c(Oc4[c-]c5c(cc4)c4ccccc4n5-c4cc(C(C)(C)C)ccn4)ccc3)c2)c1C(F)(F)F.[Pt+2]. The molecule has 0 bridgehead atoms. The molecule has 5 nitrogen and oxygen atoms in total. The van der Waals surface area contributed by atoms with Crippen molar-refractivity contribution in [3.8, 4) is 34.1 Å². The number of aromatic nitrogens is 4. The van der Waals surface area contributed by atoms with Crippen molar-refractivity contribution < 1.29 is 52.1 Å². The van der Waals surface area contributed by atoms with E-state index in [-0.39, 0.29) is 54.6 Å². The molecule has 3 heterocycles. The van der Waals surface area contributed by atoms with Crippen molar-refractivity contribution in [2.24, 2.45) is 0 Å². The van der Waals surface area contributed by atoms with Crippen LogP contribution >= 0.6 is 0 Å². The fraction of sp³-hybridized carbons (Fsp3) is 0.200. The van der Waals surface area contributed by atoms with E-state index >= 15 is 0 Å². The Morgan fingerprint density at radius 1 is 0.731 bits per heavy atom. The molecule has 268 valence electrons. The van der Waals surface area contributed by atoms with E-state index in [1.165, 1.54) is 4.68 Å². The number of benzene rings is 4. The molecule has 12 heteroatoms. The number of hydrogen-bond donors (Lipinski definition) is 0. The fourth-order valence-electron chi connectivity index (χ4n) is 6.52. The molecule has 0 radical (unpaired) electrons. The van der Waals surface area contributed by atoms with Crippen LogP contribution in [0.15, 0.2) is 91.4 Å². The smallest absolute Gasteiger partial charge is 0.509 e. The van der Waals surface area contributed by atoms with Gasteiger partial charge >= 0.3 is 33.4 Å². The first-order valence-electron chi connectivity index (χ1n) is 16.0. The van der Waals surface area contributed by atoms with Crippen LogP contribution in [-0.2, 0) is 38.8 Å². The van der Waals surface area contributed by atoms with Gasteiger partial charge in [-0.15, -0.1) is 35.7 Å². The summed E-state index contributed by atoms with van der Waals surface area (Å²) in [4.78, 5) is 4.69. The number of halogens is 6. The van der Waals surface area contributed by atoms with Crippen LogP contribution in [0.25, 0.3) is 44.4 Å². The Morgan fingerprint density at radius 2 is 1.40 bits per heavy atom. The van der Waals surface area contributed by atoms with E-state index in [0.717, 1.165) is 65.5 Å². The van der Waals surface area contributed by atoms with Gasteiger partial charge in [0.15, 0.2) is 0 Å². The number of hydrogen-bond acceptors (Lipinski definition) is 3. The molecule has 0 amide bonds. The van der Waals surface area contributed by atoms with Crippen molar-refractivity contribution >= 4 is 21.8 Å². The molecular formula is C40H30F6N4OPt. The average molecular weight is 892 g/mol. The molecule has 4 aromatic carbocycles. The number of fused-ring (bicyclic) bond motifs is 3. The molecule has 3 aromatic heterocycles. The number of rotatable bonds is 5. The maximum atomic E-state index is 14.2. The molecule has 0 aliphatic carbocycles. The number of ether oxygens (including phenoxy) is 1. The van der Waals surface area contributed by atoms with E-state index in [9.17, 15) is 26.3 Å². The summed E-state index contributed by atoms with van der Waals surface area (Å²) in [5.41, 5.74) is -1.73. The van der Waals surface area contributed by atoms with Crippen molar-refractivity contribution in [1.29, 1.82) is 0 Å². The van der Waals surface area contributed by atoms with Crippen LogP contribution < -0.4 is 4.74 Å². The molecule has 0 atom stereocenters. The molecule has 0 saturated heterocycles. The zero-order valence-electron chi connectivity index (χ0n) is 28.4. The van der Waals surface area contributed by atoms with Gasteiger partial charge in [-0.1, -0.05) is 50.6 Å². The maximum absolute atomic E-state index is 14.2. The number of pyridine rings is 1. The van der Waals surface area contributed by atoms with Crippen molar-refractivity contribution in [2.45, 2.75) is 52.4 Å². The Morgan fingerprint density at radius 3 is 2.08 bits per heavy atom. The van der Waals surface area contributed by atoms with E-state index in [0.29, 0.717) is 5.75 Å². The van der Waals surface area contributed by atoms with Crippen LogP contribution in [0.5, 0.6) is 11.5 Å². The van der Waals surface area contributed by atoms with Crippen molar-refractivity contribution in [3.63, 3.8) is 0 Å². The van der Waals surface area contributed by atoms with E-state index < -0.39 is 29.0 Å². The Labute approximate surface area is 310 Å². The second kappa shape index (κ2) is 13.3. The Bertz CT molecular complexity index is 2420. The molecule has 0 spiro atoms. The van der Waals surface area contributed by atoms with Gasteiger partial charge in [-0.25, -0.2) is 4.98 Å². The number of para-hydroxylation sites is 1. The summed E-state index contributed by atoms with van der Waals surface area (Å²) < 4.78 is 94.6. The van der Waals surface area contributed by atoms with Gasteiger partial charge in [0.1, 0.15) is 5.82 Å². The molecule has 7 rings (SSSR count). The summed E-state index contributed by atoms with van der Waals surface area (Å²) in [7, 11) is 0. The van der Waals surface area contributed by atoms with Gasteiger partial charge in [0, 0.05) is 40.5 Å². The summed E-state index contributed by atoms with van der Waals surface area (Å²) in [6.07, 6.45) is -6.17. The van der Waals surface area contributed by atoms with Crippen molar-refractivity contribution in [2.75, 3.05) is 0 Å². The Balaban J connectivity index is 0.00000464. The molecule has 0 N–H and O–H groups in total. The van der Waals surface area contributed by atoms with Gasteiger partial charge in [0.25, 0.3) is 0 Å². The largest absolute Gasteiger partial charge is 2.00 e. The molecule has 0 fully saturated rings. The monoisotopic (exact) mass is 891 g/mol. The quantitative estimate of drug-likeness (QED) is 0.128. The van der Waals surface area contributed by atoms with E-state index in [1.807, 2.05) is 41.0 Å². The Hall–Kier alpha value is -4.89. The molecular weight excluding hydrogens is 862 g/mol. The summed E-state index contributed by atoms with van der Waals surface area (Å²) in [5.74, 6) is 1.30. The number of alkyl halides is 6. The predicted molar refractivity (Wildman–Crippen MR) is 183 cm³/mol. The van der Waals surface area contributed by atoms with Crippen molar-refractivity contribution in [1.82, 2.24) is 19.3 Å². The molecule has 0 unspecified atom stereocenters. The standard InChI is InChI=1S/C40H30F6N4O.Pt/c1-23-17-24(2)37(40(44,45)46)35(36(23)39(41,42)43)25-21-48-49(22-25)27-9-8-10-28(19-27)51-29-13-14-31-30-11-6-7-12-32(30)50(33(31)20-29)34-18-26(15-16-47-34)38(3,4)5;/h6-18,21-22H,1-5H3;/q-2;+2. The van der Waals surface area contributed by atoms with Crippen LogP contribution in [0.3, 0.4) is 0 Å². The van der Waals surface area contributed by atoms with Gasteiger partial charge in [-0.2, -0.15) is 43.6 Å². The molecule has 7 aromatic rings.